The van der Waals surface area contributed by atoms with Crippen LogP contribution in [0.25, 0.3) is 6.08 Å². The molecule has 0 radical (unpaired) electrons. The van der Waals surface area contributed by atoms with E-state index in [9.17, 15) is 4.79 Å². The second-order valence-corrected chi connectivity index (χ2v) is 10.9. The first-order valence-corrected chi connectivity index (χ1v) is 12.8. The first kappa shape index (κ1) is 25.6. The van der Waals surface area contributed by atoms with E-state index in [2.05, 4.69) is 61.8 Å². The van der Waals surface area contributed by atoms with Crippen LogP contribution in [0.5, 0.6) is 0 Å². The molecular formula is C28H34BrClN2O. The smallest absolute Gasteiger partial charge is 0.274 e. The SMILES string of the molecule is C/C=C1/C(=O)N(c2ccc(CCC(C)(C)C)c(CC)c2)CCN1/C(Br)=C/c1ccc(Cl)cc1. The molecule has 33 heavy (non-hydrogen) atoms. The number of hydrogen-bond acceptors (Lipinski definition) is 2. The average molecular weight is 530 g/mol. The fourth-order valence-electron chi connectivity index (χ4n) is 4.06. The molecule has 1 saturated heterocycles. The molecule has 0 aromatic heterocycles. The number of hydrogen-bond donors (Lipinski definition) is 0. The maximum Gasteiger partial charge on any atom is 0.274 e. The lowest BCUT2D eigenvalue weighted by atomic mass is 9.87. The summed E-state index contributed by atoms with van der Waals surface area (Å²) < 4.78 is 0.859. The van der Waals surface area contributed by atoms with Crippen LogP contribution in [0.1, 0.15) is 57.7 Å². The molecule has 1 fully saturated rings. The Balaban J connectivity index is 1.81. The number of aryl methyl sites for hydroxylation is 2. The largest absolute Gasteiger partial charge is 0.330 e. The van der Waals surface area contributed by atoms with Gasteiger partial charge in [-0.25, -0.2) is 0 Å². The fraction of sp³-hybridized carbons (Fsp3) is 0.393. The van der Waals surface area contributed by atoms with Crippen LogP contribution in [-0.2, 0) is 17.6 Å². The van der Waals surface area contributed by atoms with Gasteiger partial charge in [0.2, 0.25) is 0 Å². The molecule has 176 valence electrons. The van der Waals surface area contributed by atoms with Gasteiger partial charge < -0.3 is 9.80 Å². The summed E-state index contributed by atoms with van der Waals surface area (Å²) in [6, 6.07) is 14.2. The van der Waals surface area contributed by atoms with Crippen molar-refractivity contribution < 1.29 is 4.79 Å². The summed E-state index contributed by atoms with van der Waals surface area (Å²) in [4.78, 5) is 17.4. The van der Waals surface area contributed by atoms with Crippen molar-refractivity contribution in [2.75, 3.05) is 18.0 Å². The van der Waals surface area contributed by atoms with Crippen LogP contribution in [0.3, 0.4) is 0 Å². The number of nitrogens with zero attached hydrogens (tertiary/aromatic N) is 2. The second kappa shape index (κ2) is 10.9. The van der Waals surface area contributed by atoms with Crippen LogP contribution >= 0.6 is 27.5 Å². The summed E-state index contributed by atoms with van der Waals surface area (Å²) in [6.45, 7) is 12.3. The van der Waals surface area contributed by atoms with Gasteiger partial charge in [-0.2, -0.15) is 0 Å². The van der Waals surface area contributed by atoms with E-state index in [-0.39, 0.29) is 5.91 Å². The van der Waals surface area contributed by atoms with Crippen molar-refractivity contribution >= 4 is 45.2 Å². The van der Waals surface area contributed by atoms with Gasteiger partial charge in [0, 0.05) is 23.8 Å². The van der Waals surface area contributed by atoms with E-state index in [0.29, 0.717) is 29.2 Å². The molecule has 0 N–H and O–H groups in total. The lowest BCUT2D eigenvalue weighted by Crippen LogP contribution is -2.47. The minimum Gasteiger partial charge on any atom is -0.330 e. The molecule has 0 spiro atoms. The van der Waals surface area contributed by atoms with Crippen LogP contribution in [0.2, 0.25) is 5.02 Å². The number of carbonyl (C=O) groups is 1. The molecule has 0 saturated carbocycles. The average Bonchev–Trinajstić information content (AvgIpc) is 2.78. The number of benzene rings is 2. The number of rotatable bonds is 6. The molecule has 1 aliphatic heterocycles. The molecule has 0 aliphatic carbocycles. The molecule has 0 unspecified atom stereocenters. The van der Waals surface area contributed by atoms with Crippen molar-refractivity contribution in [3.05, 3.63) is 80.6 Å². The number of anilines is 1. The molecule has 1 aliphatic rings. The Hall–Kier alpha value is -2.04. The molecule has 2 aromatic carbocycles. The van der Waals surface area contributed by atoms with E-state index >= 15 is 0 Å². The predicted octanol–water partition coefficient (Wildman–Crippen LogP) is 7.83. The summed E-state index contributed by atoms with van der Waals surface area (Å²) in [5.74, 6) is 0.0229. The topological polar surface area (TPSA) is 23.6 Å². The van der Waals surface area contributed by atoms with Gasteiger partial charge in [0.05, 0.1) is 4.61 Å². The lowest BCUT2D eigenvalue weighted by Gasteiger charge is -2.37. The third-order valence-corrected chi connectivity index (χ3v) is 6.93. The molecule has 3 nitrogen and oxygen atoms in total. The highest BCUT2D eigenvalue weighted by atomic mass is 79.9. The summed E-state index contributed by atoms with van der Waals surface area (Å²) in [5, 5.41) is 0.706. The van der Waals surface area contributed by atoms with Crippen molar-refractivity contribution in [2.45, 2.75) is 53.9 Å². The number of amides is 1. The highest BCUT2D eigenvalue weighted by molar-refractivity contribution is 9.11. The third kappa shape index (κ3) is 6.51. The molecule has 5 heteroatoms. The molecule has 2 aromatic rings. The number of carbonyl (C=O) groups excluding carboxylic acids is 1. The van der Waals surface area contributed by atoms with Crippen LogP contribution in [-0.4, -0.2) is 23.9 Å². The Morgan fingerprint density at radius 1 is 1.09 bits per heavy atom. The van der Waals surface area contributed by atoms with Crippen molar-refractivity contribution in [1.82, 2.24) is 4.90 Å². The van der Waals surface area contributed by atoms with Crippen molar-refractivity contribution in [1.29, 1.82) is 0 Å². The zero-order valence-electron chi connectivity index (χ0n) is 20.3. The fourth-order valence-corrected chi connectivity index (χ4v) is 4.82. The Kier molecular flexibility index (Phi) is 8.47. The number of piperazine rings is 1. The van der Waals surface area contributed by atoms with E-state index in [4.69, 9.17) is 11.6 Å². The minimum atomic E-state index is 0.0229. The monoisotopic (exact) mass is 528 g/mol. The van der Waals surface area contributed by atoms with E-state index in [1.807, 2.05) is 53.1 Å². The van der Waals surface area contributed by atoms with E-state index in [1.165, 1.54) is 11.1 Å². The van der Waals surface area contributed by atoms with Gasteiger partial charge in [-0.05, 0) is 94.6 Å². The van der Waals surface area contributed by atoms with Crippen LogP contribution in [0, 0.1) is 5.41 Å². The quantitative estimate of drug-likeness (QED) is 0.281. The normalized spacial score (nSPS) is 16.6. The molecule has 1 amide bonds. The highest BCUT2D eigenvalue weighted by Gasteiger charge is 2.31. The van der Waals surface area contributed by atoms with Crippen molar-refractivity contribution in [3.63, 3.8) is 0 Å². The van der Waals surface area contributed by atoms with Crippen LogP contribution < -0.4 is 4.90 Å². The maximum atomic E-state index is 13.5. The van der Waals surface area contributed by atoms with E-state index in [0.717, 1.165) is 35.1 Å². The van der Waals surface area contributed by atoms with Gasteiger partial charge in [-0.1, -0.05) is 63.6 Å². The standard InChI is InChI=1S/C28H34BrClN2O/c1-6-21-19-24(13-10-22(21)14-15-28(3,4)5)31-16-17-32(25(7-2)27(31)33)26(29)18-20-8-11-23(30)12-9-20/h7-13,18-19H,6,14-17H2,1-5H3/b25-7-,26-18+. The predicted molar refractivity (Wildman–Crippen MR) is 145 cm³/mol. The van der Waals surface area contributed by atoms with Gasteiger partial charge in [0.1, 0.15) is 5.70 Å². The Labute approximate surface area is 212 Å². The van der Waals surface area contributed by atoms with Gasteiger partial charge in [-0.3, -0.25) is 4.79 Å². The molecule has 0 atom stereocenters. The summed E-state index contributed by atoms with van der Waals surface area (Å²) >= 11 is 9.69. The maximum absolute atomic E-state index is 13.5. The zero-order chi connectivity index (χ0) is 24.2. The minimum absolute atomic E-state index is 0.0229. The molecule has 0 bridgehead atoms. The Morgan fingerprint density at radius 2 is 1.79 bits per heavy atom. The third-order valence-electron chi connectivity index (χ3n) is 6.02. The van der Waals surface area contributed by atoms with Gasteiger partial charge in [-0.15, -0.1) is 0 Å². The lowest BCUT2D eigenvalue weighted by molar-refractivity contribution is -0.117. The zero-order valence-corrected chi connectivity index (χ0v) is 22.6. The Morgan fingerprint density at radius 3 is 2.39 bits per heavy atom. The van der Waals surface area contributed by atoms with Crippen molar-refractivity contribution in [3.8, 4) is 0 Å². The number of halogens is 2. The first-order chi connectivity index (χ1) is 15.6. The summed E-state index contributed by atoms with van der Waals surface area (Å²) in [7, 11) is 0. The highest BCUT2D eigenvalue weighted by Crippen LogP contribution is 2.31. The van der Waals surface area contributed by atoms with E-state index in [1.54, 1.807) is 0 Å². The molecule has 1 heterocycles. The second-order valence-electron chi connectivity index (χ2n) is 9.67. The van der Waals surface area contributed by atoms with Crippen LogP contribution in [0.15, 0.2) is 58.8 Å². The molecule has 3 rings (SSSR count). The van der Waals surface area contributed by atoms with Gasteiger partial charge in [0.25, 0.3) is 5.91 Å². The Bertz CT molecular complexity index is 1050. The van der Waals surface area contributed by atoms with Gasteiger partial charge in [0.15, 0.2) is 0 Å². The number of allylic oxidation sites excluding steroid dienone is 1. The van der Waals surface area contributed by atoms with Crippen LogP contribution in [0.4, 0.5) is 5.69 Å². The first-order valence-electron chi connectivity index (χ1n) is 11.6. The summed E-state index contributed by atoms with van der Waals surface area (Å²) in [6.07, 6.45) is 7.09. The van der Waals surface area contributed by atoms with E-state index < -0.39 is 0 Å². The molecular weight excluding hydrogens is 496 g/mol. The van der Waals surface area contributed by atoms with Crippen molar-refractivity contribution in [2.24, 2.45) is 5.41 Å². The summed E-state index contributed by atoms with van der Waals surface area (Å²) in [5.41, 5.74) is 5.71. The van der Waals surface area contributed by atoms with Gasteiger partial charge >= 0.3 is 0 Å².